The van der Waals surface area contributed by atoms with Crippen molar-refractivity contribution in [2.45, 2.75) is 76.5 Å². The third-order valence-corrected chi connectivity index (χ3v) is 6.94. The average Bonchev–Trinajstić information content (AvgIpc) is 3.11. The number of nitrogens with one attached hydrogen (secondary N) is 1. The molecule has 0 amide bonds. The maximum Gasteiger partial charge on any atom is 0.170 e. The van der Waals surface area contributed by atoms with Gasteiger partial charge in [-0.2, -0.15) is 0 Å². The summed E-state index contributed by atoms with van der Waals surface area (Å²) in [7, 11) is 0. The van der Waals surface area contributed by atoms with Gasteiger partial charge in [-0.05, 0) is 75.5 Å². The van der Waals surface area contributed by atoms with Crippen molar-refractivity contribution in [3.05, 3.63) is 53.1 Å². The van der Waals surface area contributed by atoms with E-state index in [0.717, 1.165) is 10.8 Å². The molecule has 4 nitrogen and oxygen atoms in total. The Morgan fingerprint density at radius 3 is 2.52 bits per heavy atom. The molecule has 2 aromatic rings. The van der Waals surface area contributed by atoms with Crippen LogP contribution < -0.4 is 5.32 Å². The molecule has 0 bridgehead atoms. The van der Waals surface area contributed by atoms with Gasteiger partial charge >= 0.3 is 0 Å². The first-order valence-corrected chi connectivity index (χ1v) is 10.7. The van der Waals surface area contributed by atoms with Crippen molar-refractivity contribution in [3.8, 4) is 0 Å². The maximum absolute atomic E-state index is 5.86. The predicted octanol–water partition coefficient (Wildman–Crippen LogP) is 4.75. The van der Waals surface area contributed by atoms with E-state index in [4.69, 9.17) is 12.2 Å². The minimum absolute atomic E-state index is 0.118. The van der Waals surface area contributed by atoms with Crippen molar-refractivity contribution in [3.63, 3.8) is 0 Å². The third-order valence-electron chi connectivity index (χ3n) is 6.61. The number of hydrogen-bond acceptors (Lipinski definition) is 2. The molecule has 0 radical (unpaired) electrons. The van der Waals surface area contributed by atoms with Gasteiger partial charge in [0.2, 0.25) is 0 Å². The molecular formula is C22H28N4S. The topological polar surface area (TPSA) is 33.1 Å². The second-order valence-electron chi connectivity index (χ2n) is 8.40. The van der Waals surface area contributed by atoms with Crippen LogP contribution in [0.5, 0.6) is 0 Å². The lowest BCUT2D eigenvalue weighted by Gasteiger charge is -2.33. The van der Waals surface area contributed by atoms with Crippen LogP contribution in [0.2, 0.25) is 0 Å². The number of thiocarbonyl (C=S) groups is 1. The van der Waals surface area contributed by atoms with Crippen LogP contribution in [0.15, 0.2) is 30.5 Å². The Kier molecular flexibility index (Phi) is 4.23. The van der Waals surface area contributed by atoms with E-state index in [0.29, 0.717) is 12.1 Å². The van der Waals surface area contributed by atoms with Crippen molar-refractivity contribution in [1.29, 1.82) is 0 Å². The summed E-state index contributed by atoms with van der Waals surface area (Å²) < 4.78 is 2.55. The Balaban J connectivity index is 1.61. The molecule has 2 atom stereocenters. The van der Waals surface area contributed by atoms with Crippen LogP contribution in [0.1, 0.15) is 79.3 Å². The van der Waals surface area contributed by atoms with E-state index in [2.05, 4.69) is 51.8 Å². The van der Waals surface area contributed by atoms with E-state index < -0.39 is 0 Å². The van der Waals surface area contributed by atoms with Crippen molar-refractivity contribution in [2.75, 3.05) is 0 Å². The van der Waals surface area contributed by atoms with E-state index in [1.54, 1.807) is 0 Å². The standard InChI is InChI=1S/C22H28N4S/c1-14-13-18(15(2)25(14)17-10-11-17)21-20(19-9-5-6-12-23-19)24-22(27)26(21)16-7-3-4-8-16/h5-6,9,12-13,16-17,20-21H,3-4,7-8,10-11H2,1-2H3,(H,24,27). The Morgan fingerprint density at radius 1 is 1.07 bits per heavy atom. The monoisotopic (exact) mass is 380 g/mol. The van der Waals surface area contributed by atoms with Crippen LogP contribution in [0, 0.1) is 13.8 Å². The van der Waals surface area contributed by atoms with Gasteiger partial charge in [-0.1, -0.05) is 18.9 Å². The molecular weight excluding hydrogens is 352 g/mol. The number of aromatic nitrogens is 2. The molecule has 0 aromatic carbocycles. The number of rotatable bonds is 4. The van der Waals surface area contributed by atoms with Crippen molar-refractivity contribution >= 4 is 17.3 Å². The summed E-state index contributed by atoms with van der Waals surface area (Å²) in [5.41, 5.74) is 5.31. The van der Waals surface area contributed by atoms with E-state index in [-0.39, 0.29) is 12.1 Å². The molecule has 27 heavy (non-hydrogen) atoms. The molecule has 3 fully saturated rings. The average molecular weight is 381 g/mol. The highest BCUT2D eigenvalue weighted by Gasteiger charge is 2.45. The lowest BCUT2D eigenvalue weighted by Crippen LogP contribution is -2.37. The first-order valence-electron chi connectivity index (χ1n) is 10.3. The molecule has 3 aliphatic rings. The van der Waals surface area contributed by atoms with Crippen molar-refractivity contribution < 1.29 is 0 Å². The quantitative estimate of drug-likeness (QED) is 0.776. The molecule has 2 aromatic heterocycles. The maximum atomic E-state index is 5.86. The summed E-state index contributed by atoms with van der Waals surface area (Å²) in [4.78, 5) is 7.20. The molecule has 2 aliphatic carbocycles. The Labute approximate surface area is 167 Å². The molecule has 142 valence electrons. The summed E-state index contributed by atoms with van der Waals surface area (Å²) in [6, 6.07) is 10.2. The van der Waals surface area contributed by atoms with Gasteiger partial charge in [0.1, 0.15) is 0 Å². The van der Waals surface area contributed by atoms with Crippen LogP contribution in [0.25, 0.3) is 0 Å². The van der Waals surface area contributed by atoms with Crippen LogP contribution in [-0.4, -0.2) is 25.6 Å². The lowest BCUT2D eigenvalue weighted by molar-refractivity contribution is 0.245. The van der Waals surface area contributed by atoms with Gasteiger partial charge < -0.3 is 14.8 Å². The summed E-state index contributed by atoms with van der Waals surface area (Å²) in [5, 5.41) is 4.53. The van der Waals surface area contributed by atoms with Gasteiger partial charge in [0.15, 0.2) is 5.11 Å². The van der Waals surface area contributed by atoms with Crippen LogP contribution in [-0.2, 0) is 0 Å². The molecule has 1 N–H and O–H groups in total. The Morgan fingerprint density at radius 2 is 1.85 bits per heavy atom. The third kappa shape index (κ3) is 2.87. The highest BCUT2D eigenvalue weighted by molar-refractivity contribution is 7.80. The van der Waals surface area contributed by atoms with Gasteiger partial charge in [0.25, 0.3) is 0 Å². The zero-order valence-electron chi connectivity index (χ0n) is 16.2. The molecule has 2 unspecified atom stereocenters. The van der Waals surface area contributed by atoms with Gasteiger partial charge in [0.05, 0.1) is 17.8 Å². The highest BCUT2D eigenvalue weighted by atomic mass is 32.1. The minimum Gasteiger partial charge on any atom is -0.352 e. The molecule has 1 aliphatic heterocycles. The fraction of sp³-hybridized carbons (Fsp3) is 0.545. The SMILES string of the molecule is Cc1cc(C2C(c3ccccn3)NC(=S)N2C2CCCC2)c(C)n1C1CC1. The first-order chi connectivity index (χ1) is 13.1. The fourth-order valence-electron chi connectivity index (χ4n) is 5.27. The lowest BCUT2D eigenvalue weighted by atomic mass is 9.95. The summed E-state index contributed by atoms with van der Waals surface area (Å²) in [6.07, 6.45) is 9.63. The molecule has 0 spiro atoms. The smallest absolute Gasteiger partial charge is 0.170 e. The Hall–Kier alpha value is -1.88. The zero-order valence-corrected chi connectivity index (χ0v) is 17.0. The number of hydrogen-bond donors (Lipinski definition) is 1. The second-order valence-corrected chi connectivity index (χ2v) is 8.79. The number of pyridine rings is 1. The van der Waals surface area contributed by atoms with Crippen molar-refractivity contribution in [2.24, 2.45) is 0 Å². The van der Waals surface area contributed by atoms with Gasteiger partial charge in [-0.3, -0.25) is 4.98 Å². The van der Waals surface area contributed by atoms with Crippen LogP contribution >= 0.6 is 12.2 Å². The Bertz CT molecular complexity index is 849. The second kappa shape index (κ2) is 6.62. The first kappa shape index (κ1) is 17.2. The normalized spacial score (nSPS) is 26.0. The summed E-state index contributed by atoms with van der Waals surface area (Å²) in [5.74, 6) is 0. The number of nitrogens with zero attached hydrogens (tertiary/aromatic N) is 3. The number of aryl methyl sites for hydroxylation is 1. The summed E-state index contributed by atoms with van der Waals surface area (Å²) in [6.45, 7) is 4.55. The molecule has 2 saturated carbocycles. The van der Waals surface area contributed by atoms with E-state index in [1.165, 1.54) is 55.5 Å². The van der Waals surface area contributed by atoms with E-state index >= 15 is 0 Å². The largest absolute Gasteiger partial charge is 0.352 e. The molecule has 5 heteroatoms. The van der Waals surface area contributed by atoms with E-state index in [1.807, 2.05) is 12.3 Å². The van der Waals surface area contributed by atoms with Crippen molar-refractivity contribution in [1.82, 2.24) is 19.8 Å². The van der Waals surface area contributed by atoms with Gasteiger partial charge in [-0.15, -0.1) is 0 Å². The molecule has 3 heterocycles. The zero-order chi connectivity index (χ0) is 18.5. The fourth-order valence-corrected chi connectivity index (χ4v) is 5.66. The molecule has 1 saturated heterocycles. The highest BCUT2D eigenvalue weighted by Crippen LogP contribution is 2.46. The van der Waals surface area contributed by atoms with Gasteiger partial charge in [-0.25, -0.2) is 0 Å². The predicted molar refractivity (Wildman–Crippen MR) is 112 cm³/mol. The minimum atomic E-state index is 0.118. The van der Waals surface area contributed by atoms with Crippen LogP contribution in [0.3, 0.4) is 0 Å². The van der Waals surface area contributed by atoms with Gasteiger partial charge in [0, 0.05) is 29.7 Å². The summed E-state index contributed by atoms with van der Waals surface area (Å²) >= 11 is 5.86. The van der Waals surface area contributed by atoms with Crippen LogP contribution in [0.4, 0.5) is 0 Å². The van der Waals surface area contributed by atoms with E-state index in [9.17, 15) is 0 Å². The molecule has 5 rings (SSSR count).